The zero-order valence-corrected chi connectivity index (χ0v) is 14.8. The van der Waals surface area contributed by atoms with Crippen LogP contribution in [0.3, 0.4) is 0 Å². The summed E-state index contributed by atoms with van der Waals surface area (Å²) in [6.07, 6.45) is 0. The quantitative estimate of drug-likeness (QED) is 0.693. The van der Waals surface area contributed by atoms with E-state index in [1.165, 1.54) is 0 Å². The highest BCUT2D eigenvalue weighted by Crippen LogP contribution is 2.33. The summed E-state index contributed by atoms with van der Waals surface area (Å²) in [6, 6.07) is 11.7. The highest BCUT2D eigenvalue weighted by atomic mass is 79.9. The Balaban J connectivity index is 2.07. The first-order chi connectivity index (χ1) is 9.49. The SMILES string of the molecule is C[C@H](NCc1cc(Br)c(O)c(Br)c1)c1ccccc1Cl. The fraction of sp³-hybridized carbons (Fsp3) is 0.200. The first-order valence-corrected chi connectivity index (χ1v) is 8.10. The summed E-state index contributed by atoms with van der Waals surface area (Å²) in [6.45, 7) is 2.76. The average molecular weight is 420 g/mol. The third-order valence-corrected chi connectivity index (χ3v) is 4.61. The Labute approximate surface area is 140 Å². The van der Waals surface area contributed by atoms with Crippen molar-refractivity contribution in [3.63, 3.8) is 0 Å². The van der Waals surface area contributed by atoms with E-state index in [4.69, 9.17) is 11.6 Å². The monoisotopic (exact) mass is 417 g/mol. The van der Waals surface area contributed by atoms with Crippen molar-refractivity contribution >= 4 is 43.5 Å². The fourth-order valence-electron chi connectivity index (χ4n) is 1.93. The topological polar surface area (TPSA) is 32.3 Å². The van der Waals surface area contributed by atoms with Crippen molar-refractivity contribution in [2.24, 2.45) is 0 Å². The summed E-state index contributed by atoms with van der Waals surface area (Å²) in [5.41, 5.74) is 2.14. The van der Waals surface area contributed by atoms with Crippen LogP contribution in [0.1, 0.15) is 24.1 Å². The number of nitrogens with one attached hydrogen (secondary N) is 1. The van der Waals surface area contributed by atoms with E-state index in [0.717, 1.165) is 16.1 Å². The molecule has 2 nitrogen and oxygen atoms in total. The Bertz CT molecular complexity index is 596. The van der Waals surface area contributed by atoms with Crippen LogP contribution in [0.4, 0.5) is 0 Å². The number of rotatable bonds is 4. The third-order valence-electron chi connectivity index (χ3n) is 3.06. The van der Waals surface area contributed by atoms with Crippen molar-refractivity contribution < 1.29 is 5.11 Å². The van der Waals surface area contributed by atoms with Crippen LogP contribution < -0.4 is 5.32 Å². The Morgan fingerprint density at radius 1 is 1.20 bits per heavy atom. The van der Waals surface area contributed by atoms with E-state index in [-0.39, 0.29) is 11.8 Å². The summed E-state index contributed by atoms with van der Waals surface area (Å²) in [7, 11) is 0. The molecule has 0 bridgehead atoms. The molecule has 2 rings (SSSR count). The number of phenols is 1. The molecule has 2 aromatic carbocycles. The largest absolute Gasteiger partial charge is 0.506 e. The van der Waals surface area contributed by atoms with E-state index in [1.807, 2.05) is 36.4 Å². The summed E-state index contributed by atoms with van der Waals surface area (Å²) < 4.78 is 1.35. The molecule has 0 unspecified atom stereocenters. The molecule has 106 valence electrons. The molecule has 0 aromatic heterocycles. The summed E-state index contributed by atoms with van der Waals surface area (Å²) in [4.78, 5) is 0. The average Bonchev–Trinajstić information content (AvgIpc) is 2.42. The van der Waals surface area contributed by atoms with Gasteiger partial charge in [0.15, 0.2) is 0 Å². The lowest BCUT2D eigenvalue weighted by atomic mass is 10.1. The lowest BCUT2D eigenvalue weighted by Gasteiger charge is -2.16. The maximum absolute atomic E-state index is 9.69. The summed E-state index contributed by atoms with van der Waals surface area (Å²) in [5, 5.41) is 13.9. The second-order valence-corrected chi connectivity index (χ2v) is 6.65. The molecule has 0 radical (unpaired) electrons. The number of phenolic OH excluding ortho intramolecular Hbond substituents is 1. The van der Waals surface area contributed by atoms with Crippen LogP contribution in [0.2, 0.25) is 5.02 Å². The predicted octanol–water partition coefficient (Wildman–Crippen LogP) is 5.42. The first-order valence-electron chi connectivity index (χ1n) is 6.13. The second kappa shape index (κ2) is 6.94. The second-order valence-electron chi connectivity index (χ2n) is 4.53. The van der Waals surface area contributed by atoms with Crippen molar-refractivity contribution in [1.82, 2.24) is 5.32 Å². The van der Waals surface area contributed by atoms with Gasteiger partial charge in [0, 0.05) is 17.6 Å². The van der Waals surface area contributed by atoms with E-state index >= 15 is 0 Å². The molecule has 2 aromatic rings. The zero-order valence-electron chi connectivity index (χ0n) is 10.8. The molecule has 1 atom stereocenters. The van der Waals surface area contributed by atoms with Gasteiger partial charge >= 0.3 is 0 Å². The maximum Gasteiger partial charge on any atom is 0.143 e. The van der Waals surface area contributed by atoms with E-state index in [2.05, 4.69) is 44.1 Å². The van der Waals surface area contributed by atoms with Crippen molar-refractivity contribution in [3.05, 3.63) is 61.5 Å². The molecule has 0 amide bonds. The summed E-state index contributed by atoms with van der Waals surface area (Å²) in [5.74, 6) is 0.216. The smallest absolute Gasteiger partial charge is 0.143 e. The molecule has 0 saturated heterocycles. The molecular weight excluding hydrogens is 405 g/mol. The normalized spacial score (nSPS) is 12.4. The van der Waals surface area contributed by atoms with Crippen LogP contribution in [0.5, 0.6) is 5.75 Å². The van der Waals surface area contributed by atoms with E-state index < -0.39 is 0 Å². The minimum absolute atomic E-state index is 0.148. The van der Waals surface area contributed by atoms with Gasteiger partial charge in [0.2, 0.25) is 0 Å². The Kier molecular flexibility index (Phi) is 5.49. The molecule has 0 saturated carbocycles. The standard InChI is InChI=1S/C15H14Br2ClNO/c1-9(11-4-2-3-5-14(11)18)19-8-10-6-12(16)15(20)13(17)7-10/h2-7,9,19-20H,8H2,1H3/t9-/m0/s1. The van der Waals surface area contributed by atoms with Crippen molar-refractivity contribution in [2.45, 2.75) is 19.5 Å². The van der Waals surface area contributed by atoms with Crippen LogP contribution in [0.15, 0.2) is 45.3 Å². The Morgan fingerprint density at radius 3 is 2.40 bits per heavy atom. The number of halogens is 3. The maximum atomic E-state index is 9.69. The minimum atomic E-state index is 0.148. The fourth-order valence-corrected chi connectivity index (χ4v) is 3.51. The number of hydrogen-bond donors (Lipinski definition) is 2. The highest BCUT2D eigenvalue weighted by molar-refractivity contribution is 9.11. The molecule has 0 aliphatic carbocycles. The van der Waals surface area contributed by atoms with E-state index in [9.17, 15) is 5.11 Å². The van der Waals surface area contributed by atoms with Crippen LogP contribution >= 0.6 is 43.5 Å². The molecule has 0 heterocycles. The van der Waals surface area contributed by atoms with Gasteiger partial charge in [0.05, 0.1) is 8.95 Å². The Morgan fingerprint density at radius 2 is 1.80 bits per heavy atom. The molecule has 5 heteroatoms. The van der Waals surface area contributed by atoms with Gasteiger partial charge in [-0.3, -0.25) is 0 Å². The van der Waals surface area contributed by atoms with Gasteiger partial charge in [-0.1, -0.05) is 29.8 Å². The molecule has 20 heavy (non-hydrogen) atoms. The van der Waals surface area contributed by atoms with Crippen molar-refractivity contribution in [2.75, 3.05) is 0 Å². The summed E-state index contributed by atoms with van der Waals surface area (Å²) >= 11 is 12.8. The van der Waals surface area contributed by atoms with Gasteiger partial charge in [0.25, 0.3) is 0 Å². The lowest BCUT2D eigenvalue weighted by Crippen LogP contribution is -2.18. The Hall–Kier alpha value is -0.550. The molecular formula is C15H14Br2ClNO. The number of aromatic hydroxyl groups is 1. The van der Waals surface area contributed by atoms with Crippen LogP contribution in [0.25, 0.3) is 0 Å². The van der Waals surface area contributed by atoms with Gasteiger partial charge in [-0.05, 0) is 68.1 Å². The van der Waals surface area contributed by atoms with Gasteiger partial charge < -0.3 is 10.4 Å². The molecule has 0 aliphatic heterocycles. The molecule has 0 fully saturated rings. The van der Waals surface area contributed by atoms with Crippen LogP contribution in [-0.4, -0.2) is 5.11 Å². The van der Waals surface area contributed by atoms with Crippen LogP contribution in [0, 0.1) is 0 Å². The van der Waals surface area contributed by atoms with Gasteiger partial charge in [-0.15, -0.1) is 0 Å². The first kappa shape index (κ1) is 15.8. The number of hydrogen-bond acceptors (Lipinski definition) is 2. The van der Waals surface area contributed by atoms with Gasteiger partial charge in [-0.25, -0.2) is 0 Å². The lowest BCUT2D eigenvalue weighted by molar-refractivity contribution is 0.467. The van der Waals surface area contributed by atoms with Crippen molar-refractivity contribution in [1.29, 1.82) is 0 Å². The zero-order chi connectivity index (χ0) is 14.7. The third kappa shape index (κ3) is 3.76. The number of benzene rings is 2. The minimum Gasteiger partial charge on any atom is -0.506 e. The van der Waals surface area contributed by atoms with Crippen molar-refractivity contribution in [3.8, 4) is 5.75 Å². The van der Waals surface area contributed by atoms with Gasteiger partial charge in [0.1, 0.15) is 5.75 Å². The van der Waals surface area contributed by atoms with Gasteiger partial charge in [-0.2, -0.15) is 0 Å². The van der Waals surface area contributed by atoms with E-state index in [1.54, 1.807) is 0 Å². The van der Waals surface area contributed by atoms with E-state index in [0.29, 0.717) is 15.5 Å². The molecule has 0 aliphatic rings. The van der Waals surface area contributed by atoms with Crippen LogP contribution in [-0.2, 0) is 6.54 Å². The molecule has 2 N–H and O–H groups in total. The molecule has 0 spiro atoms. The predicted molar refractivity (Wildman–Crippen MR) is 90.2 cm³/mol. The highest BCUT2D eigenvalue weighted by Gasteiger charge is 2.10.